The highest BCUT2D eigenvalue weighted by Crippen LogP contribution is 2.29. The second-order valence-electron chi connectivity index (χ2n) is 7.60. The zero-order valence-electron chi connectivity index (χ0n) is 17.6. The molecule has 1 atom stereocenters. The van der Waals surface area contributed by atoms with Crippen LogP contribution in [-0.2, 0) is 30.5 Å². The van der Waals surface area contributed by atoms with E-state index in [9.17, 15) is 19.2 Å². The first-order valence-electron chi connectivity index (χ1n) is 10.3. The van der Waals surface area contributed by atoms with Crippen LogP contribution in [-0.4, -0.2) is 49.6 Å². The van der Waals surface area contributed by atoms with Crippen LogP contribution in [0.4, 0.5) is 16.2 Å². The van der Waals surface area contributed by atoms with Crippen LogP contribution in [0.3, 0.4) is 0 Å². The number of carbonyl (C=O) groups is 4. The average molecular weight is 437 g/mol. The first kappa shape index (κ1) is 21.5. The molecule has 32 heavy (non-hydrogen) atoms. The molecule has 2 aliphatic rings. The maximum atomic E-state index is 12.8. The topological polar surface area (TPSA) is 105 Å². The van der Waals surface area contributed by atoms with Gasteiger partial charge in [0.1, 0.15) is 19.3 Å². The first-order valence-corrected chi connectivity index (χ1v) is 10.3. The minimum absolute atomic E-state index is 0.0258. The van der Waals surface area contributed by atoms with Gasteiger partial charge in [-0.05, 0) is 36.2 Å². The molecule has 0 spiro atoms. The fourth-order valence-corrected chi connectivity index (χ4v) is 3.78. The number of ether oxygens (including phenoxy) is 2. The van der Waals surface area contributed by atoms with E-state index >= 15 is 0 Å². The van der Waals surface area contributed by atoms with Crippen LogP contribution in [0.15, 0.2) is 48.5 Å². The normalized spacial score (nSPS) is 18.8. The SMILES string of the molecule is Cc1cc(N2C(=O)CC(NC(=O)OCc3ccccc3)C2=O)ccc1N1CCOCC1=O. The van der Waals surface area contributed by atoms with E-state index in [2.05, 4.69) is 5.32 Å². The lowest BCUT2D eigenvalue weighted by Crippen LogP contribution is -2.42. The highest BCUT2D eigenvalue weighted by molar-refractivity contribution is 6.23. The van der Waals surface area contributed by atoms with Gasteiger partial charge in [0, 0.05) is 12.2 Å². The van der Waals surface area contributed by atoms with Gasteiger partial charge >= 0.3 is 6.09 Å². The Labute approximate surface area is 184 Å². The maximum absolute atomic E-state index is 12.8. The first-order chi connectivity index (χ1) is 15.4. The molecular formula is C23H23N3O6. The molecule has 9 nitrogen and oxygen atoms in total. The number of morpholine rings is 1. The van der Waals surface area contributed by atoms with Crippen LogP contribution in [0.5, 0.6) is 0 Å². The number of amides is 4. The number of benzene rings is 2. The number of hydrogen-bond acceptors (Lipinski definition) is 6. The van der Waals surface area contributed by atoms with E-state index in [0.717, 1.165) is 16.0 Å². The lowest BCUT2D eigenvalue weighted by Gasteiger charge is -2.28. The van der Waals surface area contributed by atoms with Gasteiger partial charge in [-0.1, -0.05) is 30.3 Å². The summed E-state index contributed by atoms with van der Waals surface area (Å²) in [6.45, 7) is 2.79. The van der Waals surface area contributed by atoms with Crippen LogP contribution in [0.1, 0.15) is 17.5 Å². The zero-order chi connectivity index (χ0) is 22.7. The van der Waals surface area contributed by atoms with Crippen molar-refractivity contribution in [2.75, 3.05) is 29.6 Å². The van der Waals surface area contributed by atoms with Gasteiger partial charge in [0.15, 0.2) is 0 Å². The summed E-state index contributed by atoms with van der Waals surface area (Å²) in [6, 6.07) is 13.2. The summed E-state index contributed by atoms with van der Waals surface area (Å²) in [5.74, 6) is -1.09. The van der Waals surface area contributed by atoms with Crippen LogP contribution < -0.4 is 15.1 Å². The summed E-state index contributed by atoms with van der Waals surface area (Å²) >= 11 is 0. The molecule has 1 unspecified atom stereocenters. The second-order valence-corrected chi connectivity index (χ2v) is 7.60. The molecule has 0 aromatic heterocycles. The van der Waals surface area contributed by atoms with Gasteiger partial charge in [-0.25, -0.2) is 9.69 Å². The molecule has 166 valence electrons. The molecule has 4 amide bonds. The molecule has 0 bridgehead atoms. The summed E-state index contributed by atoms with van der Waals surface area (Å²) < 4.78 is 10.3. The van der Waals surface area contributed by atoms with Crippen LogP contribution in [0, 0.1) is 6.92 Å². The third-order valence-electron chi connectivity index (χ3n) is 5.37. The van der Waals surface area contributed by atoms with Crippen LogP contribution in [0.2, 0.25) is 0 Å². The number of nitrogens with zero attached hydrogens (tertiary/aromatic N) is 2. The third-order valence-corrected chi connectivity index (χ3v) is 5.37. The molecule has 0 radical (unpaired) electrons. The predicted octanol–water partition coefficient (Wildman–Crippen LogP) is 1.92. The Hall–Kier alpha value is -3.72. The Morgan fingerprint density at radius 1 is 1.12 bits per heavy atom. The number of alkyl carbamates (subject to hydrolysis) is 1. The minimum atomic E-state index is -0.994. The molecule has 2 aliphatic heterocycles. The van der Waals surface area contributed by atoms with Gasteiger partial charge in [0.05, 0.1) is 18.7 Å². The Morgan fingerprint density at radius 2 is 1.91 bits per heavy atom. The number of rotatable bonds is 5. The summed E-state index contributed by atoms with van der Waals surface area (Å²) in [7, 11) is 0. The van der Waals surface area contributed by atoms with Crippen molar-refractivity contribution in [3.63, 3.8) is 0 Å². The van der Waals surface area contributed by atoms with E-state index < -0.39 is 23.9 Å². The van der Waals surface area contributed by atoms with E-state index in [1.54, 1.807) is 23.1 Å². The summed E-state index contributed by atoms with van der Waals surface area (Å²) in [4.78, 5) is 52.3. The average Bonchev–Trinajstić information content (AvgIpc) is 3.06. The lowest BCUT2D eigenvalue weighted by atomic mass is 10.1. The number of hydrogen-bond donors (Lipinski definition) is 1. The van der Waals surface area contributed by atoms with Crippen molar-refractivity contribution in [2.24, 2.45) is 0 Å². The Morgan fingerprint density at radius 3 is 2.62 bits per heavy atom. The van der Waals surface area contributed by atoms with Crippen molar-refractivity contribution in [3.05, 3.63) is 59.7 Å². The fraction of sp³-hybridized carbons (Fsp3) is 0.304. The predicted molar refractivity (Wildman–Crippen MR) is 115 cm³/mol. The monoisotopic (exact) mass is 437 g/mol. The number of carbonyl (C=O) groups excluding carboxylic acids is 4. The summed E-state index contributed by atoms with van der Waals surface area (Å²) in [5, 5.41) is 2.47. The third kappa shape index (κ3) is 4.47. The van der Waals surface area contributed by atoms with Crippen molar-refractivity contribution in [1.82, 2.24) is 5.32 Å². The van der Waals surface area contributed by atoms with E-state index in [1.807, 2.05) is 37.3 Å². The molecular weight excluding hydrogens is 414 g/mol. The molecule has 4 rings (SSSR count). The summed E-state index contributed by atoms with van der Waals surface area (Å²) in [6.07, 6.45) is -0.915. The highest BCUT2D eigenvalue weighted by Gasteiger charge is 2.41. The standard InChI is InChI=1S/C23H23N3O6/c1-15-11-17(7-8-19(15)25-9-10-31-14-21(25)28)26-20(27)12-18(22(26)29)24-23(30)32-13-16-5-3-2-4-6-16/h2-8,11,18H,9-10,12-14H2,1H3,(H,24,30). The Balaban J connectivity index is 1.41. The minimum Gasteiger partial charge on any atom is -0.445 e. The van der Waals surface area contributed by atoms with Crippen molar-refractivity contribution in [3.8, 4) is 0 Å². The lowest BCUT2D eigenvalue weighted by molar-refractivity contribution is -0.126. The molecule has 2 aromatic rings. The number of aryl methyl sites for hydroxylation is 1. The molecule has 0 saturated carbocycles. The Kier molecular flexibility index (Phi) is 6.18. The van der Waals surface area contributed by atoms with Crippen LogP contribution in [0.25, 0.3) is 0 Å². The van der Waals surface area contributed by atoms with E-state index in [-0.39, 0.29) is 25.5 Å². The number of nitrogens with one attached hydrogen (secondary N) is 1. The smallest absolute Gasteiger partial charge is 0.408 e. The quantitative estimate of drug-likeness (QED) is 0.717. The second kappa shape index (κ2) is 9.19. The van der Waals surface area contributed by atoms with Gasteiger partial charge in [0.25, 0.3) is 11.8 Å². The molecule has 2 aromatic carbocycles. The molecule has 1 N–H and O–H groups in total. The number of anilines is 2. The molecule has 2 saturated heterocycles. The summed E-state index contributed by atoms with van der Waals surface area (Å²) in [5.41, 5.74) is 2.66. The fourth-order valence-electron chi connectivity index (χ4n) is 3.78. The zero-order valence-corrected chi connectivity index (χ0v) is 17.6. The highest BCUT2D eigenvalue weighted by atomic mass is 16.5. The van der Waals surface area contributed by atoms with E-state index in [1.165, 1.54) is 0 Å². The van der Waals surface area contributed by atoms with Crippen molar-refractivity contribution in [2.45, 2.75) is 26.0 Å². The van der Waals surface area contributed by atoms with Gasteiger partial charge in [0.2, 0.25) is 5.91 Å². The van der Waals surface area contributed by atoms with Gasteiger partial charge < -0.3 is 19.7 Å². The van der Waals surface area contributed by atoms with E-state index in [0.29, 0.717) is 24.5 Å². The van der Waals surface area contributed by atoms with Gasteiger partial charge in [-0.2, -0.15) is 0 Å². The Bertz CT molecular complexity index is 1050. The molecule has 9 heteroatoms. The van der Waals surface area contributed by atoms with Gasteiger partial charge in [-0.3, -0.25) is 14.4 Å². The maximum Gasteiger partial charge on any atom is 0.408 e. The molecule has 2 heterocycles. The molecule has 2 fully saturated rings. The van der Waals surface area contributed by atoms with E-state index in [4.69, 9.17) is 9.47 Å². The van der Waals surface area contributed by atoms with Crippen molar-refractivity contribution in [1.29, 1.82) is 0 Å². The molecule has 0 aliphatic carbocycles. The van der Waals surface area contributed by atoms with Gasteiger partial charge in [-0.15, -0.1) is 0 Å². The largest absolute Gasteiger partial charge is 0.445 e. The number of imide groups is 1. The van der Waals surface area contributed by atoms with Crippen molar-refractivity contribution >= 4 is 35.2 Å². The van der Waals surface area contributed by atoms with Crippen LogP contribution >= 0.6 is 0 Å². The van der Waals surface area contributed by atoms with Crippen molar-refractivity contribution < 1.29 is 28.7 Å².